The molecule has 2 aromatic rings. The number of amides is 1. The Kier molecular flexibility index (Phi) is 4.69. The highest BCUT2D eigenvalue weighted by Gasteiger charge is 2.30. The molecule has 0 spiro atoms. The van der Waals surface area contributed by atoms with Crippen molar-refractivity contribution in [1.29, 1.82) is 0 Å². The SMILES string of the molecule is CC(c1ccccc1)N(CC1CCC1)C(=O)c1cc(C(=O)O)co1. The van der Waals surface area contributed by atoms with Crippen LogP contribution in [0.4, 0.5) is 0 Å². The predicted molar refractivity (Wildman–Crippen MR) is 88.9 cm³/mol. The monoisotopic (exact) mass is 327 g/mol. The molecule has 1 saturated carbocycles. The zero-order valence-corrected chi connectivity index (χ0v) is 13.6. The smallest absolute Gasteiger partial charge is 0.338 e. The van der Waals surface area contributed by atoms with Crippen LogP contribution in [0, 0.1) is 5.92 Å². The first kappa shape index (κ1) is 16.3. The molecule has 1 fully saturated rings. The van der Waals surface area contributed by atoms with Gasteiger partial charge in [0.05, 0.1) is 11.6 Å². The van der Waals surface area contributed by atoms with E-state index < -0.39 is 5.97 Å². The molecule has 1 unspecified atom stereocenters. The highest BCUT2D eigenvalue weighted by Crippen LogP contribution is 2.31. The molecule has 1 amide bonds. The number of carboxylic acid groups (broad SMARTS) is 1. The summed E-state index contributed by atoms with van der Waals surface area (Å²) in [5, 5.41) is 9.01. The molecule has 3 rings (SSSR count). The fourth-order valence-corrected chi connectivity index (χ4v) is 2.98. The van der Waals surface area contributed by atoms with Crippen LogP contribution in [-0.2, 0) is 0 Å². The van der Waals surface area contributed by atoms with Crippen molar-refractivity contribution in [2.75, 3.05) is 6.54 Å². The molecular formula is C19H21NO4. The Balaban J connectivity index is 1.85. The van der Waals surface area contributed by atoms with Crippen molar-refractivity contribution in [3.8, 4) is 0 Å². The number of hydrogen-bond acceptors (Lipinski definition) is 3. The van der Waals surface area contributed by atoms with Crippen molar-refractivity contribution in [2.24, 2.45) is 5.92 Å². The summed E-state index contributed by atoms with van der Waals surface area (Å²) in [5.41, 5.74) is 1.05. The van der Waals surface area contributed by atoms with E-state index in [1.54, 1.807) is 4.90 Å². The van der Waals surface area contributed by atoms with E-state index in [1.165, 1.54) is 12.5 Å². The van der Waals surface area contributed by atoms with Crippen molar-refractivity contribution < 1.29 is 19.1 Å². The highest BCUT2D eigenvalue weighted by atomic mass is 16.4. The lowest BCUT2D eigenvalue weighted by molar-refractivity contribution is 0.0581. The summed E-state index contributed by atoms with van der Waals surface area (Å²) < 4.78 is 5.22. The molecule has 1 aromatic carbocycles. The Morgan fingerprint density at radius 2 is 2.00 bits per heavy atom. The number of nitrogens with zero attached hydrogens (tertiary/aromatic N) is 1. The molecule has 5 heteroatoms. The Morgan fingerprint density at radius 1 is 1.29 bits per heavy atom. The molecule has 0 bridgehead atoms. The van der Waals surface area contributed by atoms with Gasteiger partial charge in [-0.3, -0.25) is 4.79 Å². The molecule has 5 nitrogen and oxygen atoms in total. The molecule has 24 heavy (non-hydrogen) atoms. The lowest BCUT2D eigenvalue weighted by atomic mass is 9.84. The minimum absolute atomic E-state index is 0.00527. The van der Waals surface area contributed by atoms with Gasteiger partial charge in [0.15, 0.2) is 5.76 Å². The van der Waals surface area contributed by atoms with Crippen LogP contribution < -0.4 is 0 Å². The molecule has 1 heterocycles. The third kappa shape index (κ3) is 3.35. The number of carbonyl (C=O) groups is 2. The van der Waals surface area contributed by atoms with Gasteiger partial charge in [-0.1, -0.05) is 36.8 Å². The Hall–Kier alpha value is -2.56. The van der Waals surface area contributed by atoms with Gasteiger partial charge in [-0.25, -0.2) is 4.79 Å². The Bertz CT molecular complexity index is 718. The number of hydrogen-bond donors (Lipinski definition) is 1. The largest absolute Gasteiger partial charge is 0.478 e. The number of aromatic carboxylic acids is 1. The summed E-state index contributed by atoms with van der Waals surface area (Å²) in [6, 6.07) is 11.0. The van der Waals surface area contributed by atoms with Gasteiger partial charge in [0.2, 0.25) is 0 Å². The van der Waals surface area contributed by atoms with Crippen LogP contribution in [-0.4, -0.2) is 28.4 Å². The van der Waals surface area contributed by atoms with E-state index in [0.717, 1.165) is 24.7 Å². The van der Waals surface area contributed by atoms with Crippen LogP contribution in [0.5, 0.6) is 0 Å². The van der Waals surface area contributed by atoms with Crippen molar-refractivity contribution >= 4 is 11.9 Å². The van der Waals surface area contributed by atoms with Crippen LogP contribution in [0.25, 0.3) is 0 Å². The lowest BCUT2D eigenvalue weighted by Crippen LogP contribution is -2.39. The average molecular weight is 327 g/mol. The van der Waals surface area contributed by atoms with E-state index in [1.807, 2.05) is 37.3 Å². The zero-order valence-electron chi connectivity index (χ0n) is 13.6. The lowest BCUT2D eigenvalue weighted by Gasteiger charge is -2.35. The Labute approximate surface area is 140 Å². The van der Waals surface area contributed by atoms with Gasteiger partial charge in [-0.05, 0) is 31.2 Å². The standard InChI is InChI=1S/C19H21NO4/c1-13(15-8-3-2-4-9-15)20(11-14-6-5-7-14)18(21)17-10-16(12-24-17)19(22)23/h2-4,8-10,12-14H,5-7,11H2,1H3,(H,22,23). The number of carbonyl (C=O) groups excluding carboxylic acids is 1. The first-order valence-corrected chi connectivity index (χ1v) is 8.24. The van der Waals surface area contributed by atoms with Crippen LogP contribution >= 0.6 is 0 Å². The van der Waals surface area contributed by atoms with Crippen LogP contribution in [0.3, 0.4) is 0 Å². The predicted octanol–water partition coefficient (Wildman–Crippen LogP) is 3.98. The van der Waals surface area contributed by atoms with Gasteiger partial charge in [0.25, 0.3) is 5.91 Å². The minimum Gasteiger partial charge on any atom is -0.478 e. The molecule has 1 aliphatic carbocycles. The molecule has 0 saturated heterocycles. The average Bonchev–Trinajstić information content (AvgIpc) is 3.04. The summed E-state index contributed by atoms with van der Waals surface area (Å²) in [6.45, 7) is 2.66. The first-order chi connectivity index (χ1) is 11.6. The second-order valence-electron chi connectivity index (χ2n) is 6.35. The van der Waals surface area contributed by atoms with Gasteiger partial charge >= 0.3 is 5.97 Å². The molecule has 1 atom stereocenters. The van der Waals surface area contributed by atoms with Crippen molar-refractivity contribution in [3.05, 3.63) is 59.5 Å². The summed E-state index contributed by atoms with van der Waals surface area (Å²) >= 11 is 0. The van der Waals surface area contributed by atoms with Gasteiger partial charge < -0.3 is 14.4 Å². The molecule has 0 aliphatic heterocycles. The zero-order chi connectivity index (χ0) is 17.1. The van der Waals surface area contributed by atoms with E-state index in [-0.39, 0.29) is 23.3 Å². The number of benzene rings is 1. The maximum absolute atomic E-state index is 12.9. The first-order valence-electron chi connectivity index (χ1n) is 8.24. The third-order valence-corrected chi connectivity index (χ3v) is 4.75. The number of rotatable bonds is 6. The summed E-state index contributed by atoms with van der Waals surface area (Å²) in [7, 11) is 0. The van der Waals surface area contributed by atoms with E-state index in [0.29, 0.717) is 12.5 Å². The van der Waals surface area contributed by atoms with E-state index >= 15 is 0 Å². The quantitative estimate of drug-likeness (QED) is 0.871. The summed E-state index contributed by atoms with van der Waals surface area (Å²) in [5.74, 6) is -0.770. The van der Waals surface area contributed by atoms with E-state index in [4.69, 9.17) is 9.52 Å². The number of furan rings is 1. The second-order valence-corrected chi connectivity index (χ2v) is 6.35. The van der Waals surface area contributed by atoms with Crippen LogP contribution in [0.15, 0.2) is 47.1 Å². The summed E-state index contributed by atoms with van der Waals surface area (Å²) in [6.07, 6.45) is 4.58. The second kappa shape index (κ2) is 6.91. The minimum atomic E-state index is -1.10. The van der Waals surface area contributed by atoms with Gasteiger partial charge in [-0.15, -0.1) is 0 Å². The van der Waals surface area contributed by atoms with Crippen molar-refractivity contribution in [3.63, 3.8) is 0 Å². The Morgan fingerprint density at radius 3 is 2.54 bits per heavy atom. The maximum Gasteiger partial charge on any atom is 0.338 e. The summed E-state index contributed by atoms with van der Waals surface area (Å²) in [4.78, 5) is 25.7. The van der Waals surface area contributed by atoms with Crippen LogP contribution in [0.1, 0.15) is 58.7 Å². The maximum atomic E-state index is 12.9. The number of carboxylic acids is 1. The molecule has 126 valence electrons. The molecule has 1 N–H and O–H groups in total. The third-order valence-electron chi connectivity index (χ3n) is 4.75. The molecular weight excluding hydrogens is 306 g/mol. The van der Waals surface area contributed by atoms with Gasteiger partial charge in [-0.2, -0.15) is 0 Å². The van der Waals surface area contributed by atoms with Gasteiger partial charge in [0, 0.05) is 12.6 Å². The topological polar surface area (TPSA) is 70.8 Å². The molecule has 1 aromatic heterocycles. The van der Waals surface area contributed by atoms with E-state index in [2.05, 4.69) is 0 Å². The van der Waals surface area contributed by atoms with Gasteiger partial charge in [0.1, 0.15) is 6.26 Å². The highest BCUT2D eigenvalue weighted by molar-refractivity contribution is 5.95. The van der Waals surface area contributed by atoms with Crippen LogP contribution in [0.2, 0.25) is 0 Å². The molecule has 1 aliphatic rings. The fourth-order valence-electron chi connectivity index (χ4n) is 2.98. The van der Waals surface area contributed by atoms with Crippen molar-refractivity contribution in [2.45, 2.75) is 32.2 Å². The van der Waals surface area contributed by atoms with E-state index in [9.17, 15) is 9.59 Å². The molecule has 0 radical (unpaired) electrons. The van der Waals surface area contributed by atoms with Crippen molar-refractivity contribution in [1.82, 2.24) is 4.90 Å². The normalized spacial score (nSPS) is 15.5. The fraction of sp³-hybridized carbons (Fsp3) is 0.368.